The van der Waals surface area contributed by atoms with E-state index in [4.69, 9.17) is 4.74 Å². The molecule has 32 heavy (non-hydrogen) atoms. The molecular formula is C24H26N4O4. The number of ether oxygens (including phenoxy) is 1. The van der Waals surface area contributed by atoms with Gasteiger partial charge in [-0.3, -0.25) is 14.5 Å². The van der Waals surface area contributed by atoms with Crippen molar-refractivity contribution >= 4 is 23.6 Å². The molecule has 0 bridgehead atoms. The fraction of sp³-hybridized carbons (Fsp3) is 0.333. The summed E-state index contributed by atoms with van der Waals surface area (Å²) in [6, 6.07) is 16.7. The third-order valence-electron chi connectivity index (χ3n) is 5.91. The Balaban J connectivity index is 1.38. The monoisotopic (exact) mass is 434 g/mol. The van der Waals surface area contributed by atoms with Crippen molar-refractivity contribution in [1.82, 2.24) is 15.2 Å². The van der Waals surface area contributed by atoms with Crippen molar-refractivity contribution in [2.24, 2.45) is 5.10 Å². The van der Waals surface area contributed by atoms with Crippen LogP contribution in [0.1, 0.15) is 30.9 Å². The molecule has 1 N–H and O–H groups in total. The molecule has 1 saturated heterocycles. The van der Waals surface area contributed by atoms with Crippen LogP contribution in [0.25, 0.3) is 0 Å². The summed E-state index contributed by atoms with van der Waals surface area (Å²) in [7, 11) is 1.61. The number of aryl methyl sites for hydroxylation is 1. The first-order chi connectivity index (χ1) is 15.4. The van der Waals surface area contributed by atoms with E-state index in [0.717, 1.165) is 27.5 Å². The standard InChI is InChI=1S/C24H26N4O4/c1-24(14-12-17-8-10-19(32-2)11-9-17)22(30)27(23(31)25-24)16-21(29)28-15-13-20(26-28)18-6-4-3-5-7-18/h3-11H,12-16H2,1-2H3,(H,25,31). The number of nitrogens with one attached hydrogen (secondary N) is 1. The zero-order chi connectivity index (χ0) is 22.7. The van der Waals surface area contributed by atoms with Gasteiger partial charge in [-0.25, -0.2) is 9.80 Å². The van der Waals surface area contributed by atoms with E-state index < -0.39 is 17.5 Å². The number of benzene rings is 2. The highest BCUT2D eigenvalue weighted by Crippen LogP contribution is 2.24. The first-order valence-electron chi connectivity index (χ1n) is 10.6. The first kappa shape index (κ1) is 21.5. The number of hydrazone groups is 1. The van der Waals surface area contributed by atoms with Crippen LogP contribution in [0.4, 0.5) is 4.79 Å². The summed E-state index contributed by atoms with van der Waals surface area (Å²) < 4.78 is 5.16. The average molecular weight is 434 g/mol. The number of nitrogens with zero attached hydrogens (tertiary/aromatic N) is 3. The minimum atomic E-state index is -1.05. The van der Waals surface area contributed by atoms with Crippen molar-refractivity contribution in [2.45, 2.75) is 31.7 Å². The van der Waals surface area contributed by atoms with Crippen LogP contribution in [0.5, 0.6) is 5.75 Å². The minimum Gasteiger partial charge on any atom is -0.497 e. The molecule has 2 aromatic carbocycles. The van der Waals surface area contributed by atoms with E-state index in [2.05, 4.69) is 10.4 Å². The summed E-state index contributed by atoms with van der Waals surface area (Å²) in [5.74, 6) is -0.00968. The van der Waals surface area contributed by atoms with Gasteiger partial charge in [-0.05, 0) is 43.0 Å². The van der Waals surface area contributed by atoms with Crippen LogP contribution < -0.4 is 10.1 Å². The van der Waals surface area contributed by atoms with Crippen molar-refractivity contribution in [3.8, 4) is 5.75 Å². The molecule has 2 heterocycles. The van der Waals surface area contributed by atoms with Crippen LogP contribution in [-0.4, -0.2) is 59.2 Å². The third kappa shape index (κ3) is 4.34. The Labute approximate surface area is 186 Å². The lowest BCUT2D eigenvalue weighted by Gasteiger charge is -2.22. The fourth-order valence-corrected chi connectivity index (χ4v) is 3.93. The molecule has 1 unspecified atom stereocenters. The van der Waals surface area contributed by atoms with E-state index in [1.807, 2.05) is 54.6 Å². The molecule has 0 radical (unpaired) electrons. The highest BCUT2D eigenvalue weighted by atomic mass is 16.5. The van der Waals surface area contributed by atoms with Crippen LogP contribution in [0.3, 0.4) is 0 Å². The molecule has 166 valence electrons. The number of methoxy groups -OCH3 is 1. The van der Waals surface area contributed by atoms with E-state index in [1.165, 1.54) is 5.01 Å². The van der Waals surface area contributed by atoms with Crippen molar-refractivity contribution in [1.29, 1.82) is 0 Å². The average Bonchev–Trinajstić information content (AvgIpc) is 3.39. The predicted molar refractivity (Wildman–Crippen MR) is 119 cm³/mol. The summed E-state index contributed by atoms with van der Waals surface area (Å²) in [4.78, 5) is 39.3. The molecule has 0 aliphatic carbocycles. The summed E-state index contributed by atoms with van der Waals surface area (Å²) in [5, 5.41) is 8.50. The number of imide groups is 1. The Hall–Kier alpha value is -3.68. The Morgan fingerprint density at radius 2 is 1.84 bits per heavy atom. The Kier molecular flexibility index (Phi) is 5.94. The lowest BCUT2D eigenvalue weighted by Crippen LogP contribution is -2.45. The van der Waals surface area contributed by atoms with E-state index in [1.54, 1.807) is 14.0 Å². The molecule has 8 heteroatoms. The summed E-state index contributed by atoms with van der Waals surface area (Å²) in [5.41, 5.74) is 1.76. The van der Waals surface area contributed by atoms with Gasteiger partial charge in [0, 0.05) is 6.42 Å². The SMILES string of the molecule is COc1ccc(CCC2(C)NC(=O)N(CC(=O)N3CCC(c4ccccc4)=N3)C2=O)cc1. The van der Waals surface area contributed by atoms with Crippen LogP contribution in [0.15, 0.2) is 59.7 Å². The molecule has 0 aromatic heterocycles. The van der Waals surface area contributed by atoms with Gasteiger partial charge in [0.1, 0.15) is 17.8 Å². The zero-order valence-corrected chi connectivity index (χ0v) is 18.2. The number of hydrogen-bond donors (Lipinski definition) is 1. The summed E-state index contributed by atoms with van der Waals surface area (Å²) in [6.07, 6.45) is 1.66. The highest BCUT2D eigenvalue weighted by Gasteiger charge is 2.48. The largest absolute Gasteiger partial charge is 0.497 e. The third-order valence-corrected chi connectivity index (χ3v) is 5.91. The van der Waals surface area contributed by atoms with Gasteiger partial charge in [0.25, 0.3) is 11.8 Å². The second kappa shape index (κ2) is 8.82. The van der Waals surface area contributed by atoms with Gasteiger partial charge in [0.05, 0.1) is 19.4 Å². The van der Waals surface area contributed by atoms with Crippen molar-refractivity contribution in [3.63, 3.8) is 0 Å². The Morgan fingerprint density at radius 1 is 1.12 bits per heavy atom. The number of carbonyl (C=O) groups is 3. The number of rotatable bonds is 7. The van der Waals surface area contributed by atoms with Gasteiger partial charge in [0.15, 0.2) is 0 Å². The smallest absolute Gasteiger partial charge is 0.325 e. The van der Waals surface area contributed by atoms with Gasteiger partial charge in [-0.15, -0.1) is 0 Å². The maximum atomic E-state index is 13.0. The Bertz CT molecular complexity index is 1050. The number of urea groups is 1. The second-order valence-corrected chi connectivity index (χ2v) is 8.18. The molecule has 0 spiro atoms. The van der Waals surface area contributed by atoms with Crippen molar-refractivity contribution in [2.75, 3.05) is 20.2 Å². The van der Waals surface area contributed by atoms with E-state index in [0.29, 0.717) is 25.8 Å². The van der Waals surface area contributed by atoms with Gasteiger partial charge in [-0.2, -0.15) is 5.10 Å². The topological polar surface area (TPSA) is 91.3 Å². The van der Waals surface area contributed by atoms with Crippen LogP contribution in [0.2, 0.25) is 0 Å². The molecular weight excluding hydrogens is 408 g/mol. The van der Waals surface area contributed by atoms with Gasteiger partial charge < -0.3 is 10.1 Å². The number of carbonyl (C=O) groups excluding carboxylic acids is 3. The molecule has 1 atom stereocenters. The predicted octanol–water partition coefficient (Wildman–Crippen LogP) is 2.57. The molecule has 2 aromatic rings. The molecule has 0 saturated carbocycles. The lowest BCUT2D eigenvalue weighted by molar-refractivity contribution is -0.138. The normalized spacial score (nSPS) is 20.4. The van der Waals surface area contributed by atoms with Gasteiger partial charge in [-0.1, -0.05) is 42.5 Å². The van der Waals surface area contributed by atoms with E-state index >= 15 is 0 Å². The van der Waals surface area contributed by atoms with Crippen molar-refractivity contribution in [3.05, 3.63) is 65.7 Å². The van der Waals surface area contributed by atoms with Crippen LogP contribution in [-0.2, 0) is 16.0 Å². The second-order valence-electron chi connectivity index (χ2n) is 8.18. The first-order valence-corrected chi connectivity index (χ1v) is 10.6. The quantitative estimate of drug-likeness (QED) is 0.678. The summed E-state index contributed by atoms with van der Waals surface area (Å²) in [6.45, 7) is 1.80. The van der Waals surface area contributed by atoms with E-state index in [-0.39, 0.29) is 12.5 Å². The van der Waals surface area contributed by atoms with E-state index in [9.17, 15) is 14.4 Å². The zero-order valence-electron chi connectivity index (χ0n) is 18.2. The Morgan fingerprint density at radius 3 is 2.53 bits per heavy atom. The molecule has 2 aliphatic heterocycles. The minimum absolute atomic E-state index is 0.325. The van der Waals surface area contributed by atoms with Gasteiger partial charge in [0.2, 0.25) is 0 Å². The molecule has 8 nitrogen and oxygen atoms in total. The fourth-order valence-electron chi connectivity index (χ4n) is 3.93. The maximum absolute atomic E-state index is 13.0. The van der Waals surface area contributed by atoms with Crippen molar-refractivity contribution < 1.29 is 19.1 Å². The number of amides is 4. The lowest BCUT2D eigenvalue weighted by atomic mass is 9.93. The molecule has 4 amide bonds. The molecule has 2 aliphatic rings. The van der Waals surface area contributed by atoms with Gasteiger partial charge >= 0.3 is 6.03 Å². The van der Waals surface area contributed by atoms with Crippen LogP contribution >= 0.6 is 0 Å². The molecule has 4 rings (SSSR count). The molecule has 1 fully saturated rings. The number of hydrogen-bond acceptors (Lipinski definition) is 5. The highest BCUT2D eigenvalue weighted by molar-refractivity contribution is 6.09. The van der Waals surface area contributed by atoms with Crippen LogP contribution in [0, 0.1) is 0 Å². The maximum Gasteiger partial charge on any atom is 0.325 e. The summed E-state index contributed by atoms with van der Waals surface area (Å²) >= 11 is 0.